The van der Waals surface area contributed by atoms with Crippen molar-refractivity contribution in [2.45, 2.75) is 26.3 Å². The molecule has 1 rings (SSSR count). The van der Waals surface area contributed by atoms with Crippen molar-refractivity contribution in [1.82, 2.24) is 10.2 Å². The number of hydrogen-bond donors (Lipinski definition) is 1. The van der Waals surface area contributed by atoms with Crippen LogP contribution in [0.2, 0.25) is 0 Å². The van der Waals surface area contributed by atoms with Crippen molar-refractivity contribution in [3.8, 4) is 0 Å². The third-order valence-corrected chi connectivity index (χ3v) is 3.49. The molecule has 15 heavy (non-hydrogen) atoms. The fourth-order valence-corrected chi connectivity index (χ4v) is 2.34. The van der Waals surface area contributed by atoms with Crippen molar-refractivity contribution in [2.24, 2.45) is 0 Å². The summed E-state index contributed by atoms with van der Waals surface area (Å²) in [7, 11) is 4.25. The van der Waals surface area contributed by atoms with Gasteiger partial charge in [0.25, 0.3) is 0 Å². The maximum atomic E-state index is 3.49. The van der Waals surface area contributed by atoms with Gasteiger partial charge >= 0.3 is 0 Å². The van der Waals surface area contributed by atoms with E-state index in [1.807, 2.05) is 11.3 Å². The second kappa shape index (κ2) is 6.99. The summed E-state index contributed by atoms with van der Waals surface area (Å²) in [5, 5.41) is 5.66. The average molecular weight is 226 g/mol. The molecule has 0 radical (unpaired) electrons. The molecule has 0 unspecified atom stereocenters. The lowest BCUT2D eigenvalue weighted by Gasteiger charge is -2.09. The molecule has 86 valence electrons. The van der Waals surface area contributed by atoms with Gasteiger partial charge in [-0.1, -0.05) is 0 Å². The number of hydrogen-bond acceptors (Lipinski definition) is 3. The molecule has 2 nitrogen and oxygen atoms in total. The Labute approximate surface area is 97.3 Å². The molecule has 0 atom stereocenters. The first-order valence-corrected chi connectivity index (χ1v) is 6.46. The van der Waals surface area contributed by atoms with Gasteiger partial charge in [-0.15, -0.1) is 11.3 Å². The summed E-state index contributed by atoms with van der Waals surface area (Å²) < 4.78 is 0. The summed E-state index contributed by atoms with van der Waals surface area (Å²) in [6.45, 7) is 5.54. The number of rotatable bonds is 7. The Balaban J connectivity index is 2.00. The number of aryl methyl sites for hydroxylation is 1. The van der Waals surface area contributed by atoms with E-state index in [1.54, 1.807) is 0 Å². The second-order valence-electron chi connectivity index (χ2n) is 4.21. The first kappa shape index (κ1) is 12.7. The fraction of sp³-hybridized carbons (Fsp3) is 0.667. The van der Waals surface area contributed by atoms with Crippen LogP contribution in [0.1, 0.15) is 23.3 Å². The smallest absolute Gasteiger partial charge is 0.0302 e. The molecule has 0 aliphatic carbocycles. The Morgan fingerprint density at radius 3 is 2.73 bits per heavy atom. The van der Waals surface area contributed by atoms with E-state index in [0.29, 0.717) is 0 Å². The summed E-state index contributed by atoms with van der Waals surface area (Å²) in [4.78, 5) is 3.71. The van der Waals surface area contributed by atoms with E-state index in [2.05, 4.69) is 42.7 Å². The maximum Gasteiger partial charge on any atom is 0.0302 e. The third-order valence-electron chi connectivity index (χ3n) is 2.46. The summed E-state index contributed by atoms with van der Waals surface area (Å²) in [5.74, 6) is 0. The zero-order valence-electron chi connectivity index (χ0n) is 10.0. The summed E-state index contributed by atoms with van der Waals surface area (Å²) in [6.07, 6.45) is 2.55. The molecule has 0 fully saturated rings. The first-order chi connectivity index (χ1) is 7.20. The van der Waals surface area contributed by atoms with E-state index in [0.717, 1.165) is 13.1 Å². The molecule has 0 spiro atoms. The topological polar surface area (TPSA) is 15.3 Å². The highest BCUT2D eigenvalue weighted by Gasteiger charge is 1.98. The van der Waals surface area contributed by atoms with Gasteiger partial charge in [0.2, 0.25) is 0 Å². The zero-order chi connectivity index (χ0) is 11.1. The van der Waals surface area contributed by atoms with Crippen molar-refractivity contribution in [3.63, 3.8) is 0 Å². The van der Waals surface area contributed by atoms with Crippen molar-refractivity contribution in [1.29, 1.82) is 0 Å². The minimum atomic E-state index is 1.03. The van der Waals surface area contributed by atoms with Crippen LogP contribution < -0.4 is 5.32 Å². The highest BCUT2D eigenvalue weighted by Crippen LogP contribution is 2.14. The van der Waals surface area contributed by atoms with E-state index in [1.165, 1.54) is 29.8 Å². The number of thiophene rings is 1. The van der Waals surface area contributed by atoms with Crippen LogP contribution in [0.15, 0.2) is 11.4 Å². The van der Waals surface area contributed by atoms with Crippen LogP contribution in [-0.4, -0.2) is 32.1 Å². The average Bonchev–Trinajstić information content (AvgIpc) is 2.57. The molecule has 0 aliphatic heterocycles. The molecule has 0 aliphatic rings. The lowest BCUT2D eigenvalue weighted by atomic mass is 10.2. The standard InChI is InChI=1S/C12H22N2S/c1-11-6-9-15-12(11)10-13-7-4-5-8-14(2)3/h6,9,13H,4-5,7-8,10H2,1-3H3. The van der Waals surface area contributed by atoms with Crippen LogP contribution in [-0.2, 0) is 6.54 Å². The van der Waals surface area contributed by atoms with Gasteiger partial charge in [0.1, 0.15) is 0 Å². The van der Waals surface area contributed by atoms with Gasteiger partial charge in [-0.2, -0.15) is 0 Å². The van der Waals surface area contributed by atoms with Crippen LogP contribution in [0.5, 0.6) is 0 Å². The van der Waals surface area contributed by atoms with Crippen LogP contribution in [0.25, 0.3) is 0 Å². The predicted octanol–water partition coefficient (Wildman–Crippen LogP) is 2.49. The molecule has 3 heteroatoms. The molecule has 0 amide bonds. The highest BCUT2D eigenvalue weighted by molar-refractivity contribution is 7.10. The van der Waals surface area contributed by atoms with Crippen molar-refractivity contribution < 1.29 is 0 Å². The van der Waals surface area contributed by atoms with Crippen LogP contribution in [0.3, 0.4) is 0 Å². The monoisotopic (exact) mass is 226 g/mol. The molecule has 0 saturated heterocycles. The normalized spacial score (nSPS) is 11.2. The van der Waals surface area contributed by atoms with Gasteiger partial charge < -0.3 is 10.2 Å². The van der Waals surface area contributed by atoms with E-state index in [-0.39, 0.29) is 0 Å². The minimum Gasteiger partial charge on any atom is -0.312 e. The third kappa shape index (κ3) is 5.30. The van der Waals surface area contributed by atoms with E-state index < -0.39 is 0 Å². The first-order valence-electron chi connectivity index (χ1n) is 5.58. The number of nitrogens with zero attached hydrogens (tertiary/aromatic N) is 1. The molecular formula is C12H22N2S. The Morgan fingerprint density at radius 1 is 1.33 bits per heavy atom. The summed E-state index contributed by atoms with van der Waals surface area (Å²) in [5.41, 5.74) is 1.42. The number of unbranched alkanes of at least 4 members (excludes halogenated alkanes) is 1. The molecule has 0 saturated carbocycles. The predicted molar refractivity (Wildman–Crippen MR) is 68.6 cm³/mol. The molecule has 0 bridgehead atoms. The molecule has 1 heterocycles. The lowest BCUT2D eigenvalue weighted by molar-refractivity contribution is 0.392. The van der Waals surface area contributed by atoms with E-state index >= 15 is 0 Å². The summed E-state index contributed by atoms with van der Waals surface area (Å²) >= 11 is 1.85. The van der Waals surface area contributed by atoms with Gasteiger partial charge in [-0.3, -0.25) is 0 Å². The van der Waals surface area contributed by atoms with Crippen molar-refractivity contribution in [2.75, 3.05) is 27.2 Å². The van der Waals surface area contributed by atoms with E-state index in [9.17, 15) is 0 Å². The molecular weight excluding hydrogens is 204 g/mol. The van der Waals surface area contributed by atoms with Crippen LogP contribution >= 0.6 is 11.3 Å². The molecule has 1 aromatic heterocycles. The summed E-state index contributed by atoms with van der Waals surface area (Å²) in [6, 6.07) is 2.19. The van der Waals surface area contributed by atoms with E-state index in [4.69, 9.17) is 0 Å². The Hall–Kier alpha value is -0.380. The highest BCUT2D eigenvalue weighted by atomic mass is 32.1. The lowest BCUT2D eigenvalue weighted by Crippen LogP contribution is -2.17. The minimum absolute atomic E-state index is 1.03. The SMILES string of the molecule is Cc1ccsc1CNCCCCN(C)C. The van der Waals surface area contributed by atoms with Crippen molar-refractivity contribution >= 4 is 11.3 Å². The second-order valence-corrected chi connectivity index (χ2v) is 5.21. The Morgan fingerprint density at radius 2 is 2.13 bits per heavy atom. The number of nitrogens with one attached hydrogen (secondary N) is 1. The van der Waals surface area contributed by atoms with Gasteiger partial charge in [0, 0.05) is 11.4 Å². The van der Waals surface area contributed by atoms with Crippen LogP contribution in [0.4, 0.5) is 0 Å². The fourth-order valence-electron chi connectivity index (χ4n) is 1.47. The van der Waals surface area contributed by atoms with Crippen LogP contribution in [0, 0.1) is 6.92 Å². The van der Waals surface area contributed by atoms with Gasteiger partial charge in [0.05, 0.1) is 0 Å². The quantitative estimate of drug-likeness (QED) is 0.719. The van der Waals surface area contributed by atoms with Gasteiger partial charge in [0.15, 0.2) is 0 Å². The zero-order valence-corrected chi connectivity index (χ0v) is 10.9. The molecule has 0 aromatic carbocycles. The molecule has 1 aromatic rings. The largest absolute Gasteiger partial charge is 0.312 e. The van der Waals surface area contributed by atoms with Crippen molar-refractivity contribution in [3.05, 3.63) is 21.9 Å². The Kier molecular flexibility index (Phi) is 5.91. The maximum absolute atomic E-state index is 3.49. The van der Waals surface area contributed by atoms with Gasteiger partial charge in [-0.25, -0.2) is 0 Å². The Bertz CT molecular complexity index is 268. The van der Waals surface area contributed by atoms with Gasteiger partial charge in [-0.05, 0) is 64.0 Å². The molecule has 1 N–H and O–H groups in total.